The summed E-state index contributed by atoms with van der Waals surface area (Å²) in [6, 6.07) is -0.592. The molecule has 92 valence electrons. The third-order valence-electron chi connectivity index (χ3n) is 2.43. The zero-order valence-corrected chi connectivity index (χ0v) is 11.9. The zero-order valence-electron chi connectivity index (χ0n) is 10.1. The van der Waals surface area contributed by atoms with Crippen molar-refractivity contribution in [3.63, 3.8) is 0 Å². The van der Waals surface area contributed by atoms with Gasteiger partial charge in [-0.05, 0) is 23.3 Å². The summed E-state index contributed by atoms with van der Waals surface area (Å²) >= 11 is 4.15. The van der Waals surface area contributed by atoms with Gasteiger partial charge in [-0.2, -0.15) is 23.1 Å². The molecule has 0 rings (SSSR count). The van der Waals surface area contributed by atoms with E-state index in [4.69, 9.17) is 5.73 Å². The van der Waals surface area contributed by atoms with Gasteiger partial charge >= 0.3 is 0 Å². The highest BCUT2D eigenvalue weighted by molar-refractivity contribution is 8.14. The van der Waals surface area contributed by atoms with Crippen molar-refractivity contribution in [1.82, 2.24) is 0 Å². The van der Waals surface area contributed by atoms with Crippen LogP contribution < -0.4 is 5.73 Å². The molecule has 0 aromatic rings. The van der Waals surface area contributed by atoms with Crippen LogP contribution in [-0.4, -0.2) is 34.5 Å². The second-order valence-electron chi connectivity index (χ2n) is 3.68. The Morgan fingerprint density at radius 2 is 2.19 bits per heavy atom. The van der Waals surface area contributed by atoms with Crippen LogP contribution in [-0.2, 0) is 4.79 Å². The highest BCUT2D eigenvalue weighted by Gasteiger charge is 2.07. The van der Waals surface area contributed by atoms with Crippen LogP contribution in [0.25, 0.3) is 0 Å². The van der Waals surface area contributed by atoms with Gasteiger partial charge in [-0.1, -0.05) is 25.7 Å². The Balaban J connectivity index is 4.16. The fraction of sp³-hybridized carbons (Fsp3) is 0.667. The first-order chi connectivity index (χ1) is 7.52. The third kappa shape index (κ3) is 6.37. The summed E-state index contributed by atoms with van der Waals surface area (Å²) in [7, 11) is 0.305. The molecule has 0 fully saturated rings. The van der Waals surface area contributed by atoms with Crippen LogP contribution in [0.3, 0.4) is 0 Å². The molecule has 0 amide bonds. The molecule has 3 unspecified atom stereocenters. The van der Waals surface area contributed by atoms with E-state index in [0.29, 0.717) is 22.0 Å². The summed E-state index contributed by atoms with van der Waals surface area (Å²) in [6.07, 6.45) is 4.84. The third-order valence-corrected chi connectivity index (χ3v) is 5.20. The molecule has 0 bridgehead atoms. The van der Waals surface area contributed by atoms with Gasteiger partial charge in [0.05, 0.1) is 11.3 Å². The van der Waals surface area contributed by atoms with Crippen LogP contribution >= 0.6 is 23.1 Å². The molecule has 0 aliphatic heterocycles. The summed E-state index contributed by atoms with van der Waals surface area (Å²) in [6.45, 7) is 4.44. The molecule has 0 saturated carbocycles. The Hall–Kier alpha value is -0.240. The Morgan fingerprint density at radius 3 is 2.69 bits per heavy atom. The second kappa shape index (κ2) is 8.86. The number of hydrogen-bond acceptors (Lipinski definition) is 3. The lowest BCUT2D eigenvalue weighted by Crippen LogP contribution is -2.31. The van der Waals surface area contributed by atoms with E-state index >= 15 is 0 Å². The molecular weight excluding hydrogens is 238 g/mol. The van der Waals surface area contributed by atoms with Crippen LogP contribution in [0.1, 0.15) is 26.7 Å². The number of nitrogens with two attached hydrogens (primary N) is 1. The molecule has 2 N–H and O–H groups in total. The molecule has 0 aromatic heterocycles. The van der Waals surface area contributed by atoms with Crippen molar-refractivity contribution >= 4 is 34.8 Å². The Morgan fingerprint density at radius 1 is 1.56 bits per heavy atom. The van der Waals surface area contributed by atoms with Gasteiger partial charge in [0.15, 0.2) is 0 Å². The van der Waals surface area contributed by atoms with E-state index in [1.165, 1.54) is 6.42 Å². The highest BCUT2D eigenvalue weighted by Crippen LogP contribution is 2.17. The van der Waals surface area contributed by atoms with E-state index in [2.05, 4.69) is 49.9 Å². The molecule has 0 aliphatic carbocycles. The molecule has 0 aliphatic rings. The number of thiol groups is 1. The van der Waals surface area contributed by atoms with E-state index in [-0.39, 0.29) is 5.25 Å². The number of hydrogen-bond donors (Lipinski definition) is 2. The minimum Gasteiger partial charge on any atom is -0.320 e. The van der Waals surface area contributed by atoms with E-state index < -0.39 is 6.04 Å². The number of carbonyl (C=O) groups is 1. The van der Waals surface area contributed by atoms with Crippen molar-refractivity contribution in [2.75, 3.05) is 6.26 Å². The largest absolute Gasteiger partial charge is 0.320 e. The lowest BCUT2D eigenvalue weighted by Gasteiger charge is -2.09. The molecule has 4 heteroatoms. The van der Waals surface area contributed by atoms with Crippen molar-refractivity contribution in [3.8, 4) is 11.8 Å². The van der Waals surface area contributed by atoms with Gasteiger partial charge in [-0.15, -0.1) is 0 Å². The predicted molar refractivity (Wildman–Crippen MR) is 78.5 cm³/mol. The Kier molecular flexibility index (Phi) is 8.73. The van der Waals surface area contributed by atoms with Crippen LogP contribution in [0.2, 0.25) is 0 Å². The minimum absolute atomic E-state index is 0.305. The lowest BCUT2D eigenvalue weighted by molar-refractivity contribution is -0.108. The minimum atomic E-state index is -0.592. The van der Waals surface area contributed by atoms with Crippen LogP contribution in [0.5, 0.6) is 0 Å². The maximum atomic E-state index is 10.4. The SMILES string of the molecule is CCC(C)/S(C)=C/CC#C[C@H](S)C(N)C=O. The van der Waals surface area contributed by atoms with E-state index in [1.807, 2.05) is 0 Å². The Bertz CT molecular complexity index is 304. The van der Waals surface area contributed by atoms with Crippen molar-refractivity contribution in [2.45, 2.75) is 43.2 Å². The Labute approximate surface area is 107 Å². The fourth-order valence-corrected chi connectivity index (χ4v) is 2.30. The summed E-state index contributed by atoms with van der Waals surface area (Å²) in [5, 5.41) is 2.59. The zero-order chi connectivity index (χ0) is 12.6. The van der Waals surface area contributed by atoms with Crippen molar-refractivity contribution < 1.29 is 4.79 Å². The first-order valence-corrected chi connectivity index (χ1v) is 7.64. The van der Waals surface area contributed by atoms with Crippen LogP contribution in [0.15, 0.2) is 0 Å². The summed E-state index contributed by atoms with van der Waals surface area (Å²) in [4.78, 5) is 10.4. The van der Waals surface area contributed by atoms with E-state index in [9.17, 15) is 4.79 Å². The molecule has 0 heterocycles. The van der Waals surface area contributed by atoms with Gasteiger partial charge in [0.1, 0.15) is 6.29 Å². The monoisotopic (exact) mass is 259 g/mol. The summed E-state index contributed by atoms with van der Waals surface area (Å²) in [5.41, 5.74) is 5.47. The molecule has 0 saturated heterocycles. The van der Waals surface area contributed by atoms with Gasteiger partial charge in [0.2, 0.25) is 0 Å². The van der Waals surface area contributed by atoms with Gasteiger partial charge in [0, 0.05) is 6.42 Å². The lowest BCUT2D eigenvalue weighted by atomic mass is 10.2. The van der Waals surface area contributed by atoms with Crippen LogP contribution in [0.4, 0.5) is 0 Å². The number of rotatable bonds is 5. The first kappa shape index (κ1) is 15.8. The molecular formula is C12H21NOS2. The molecule has 0 aromatic carbocycles. The van der Waals surface area contributed by atoms with Crippen LogP contribution in [0, 0.1) is 11.8 Å². The average molecular weight is 259 g/mol. The number of aldehydes is 1. The highest BCUT2D eigenvalue weighted by atomic mass is 32.2. The van der Waals surface area contributed by atoms with E-state index in [1.54, 1.807) is 0 Å². The molecule has 2 nitrogen and oxygen atoms in total. The normalized spacial score (nSPS) is 18.1. The predicted octanol–water partition coefficient (Wildman–Crippen LogP) is 1.70. The molecule has 16 heavy (non-hydrogen) atoms. The maximum absolute atomic E-state index is 10.4. The van der Waals surface area contributed by atoms with E-state index in [0.717, 1.165) is 6.42 Å². The molecule has 0 spiro atoms. The van der Waals surface area contributed by atoms with Gasteiger partial charge in [0.25, 0.3) is 0 Å². The van der Waals surface area contributed by atoms with Gasteiger partial charge in [-0.25, -0.2) is 0 Å². The maximum Gasteiger partial charge on any atom is 0.138 e. The average Bonchev–Trinajstić information content (AvgIpc) is 2.31. The quantitative estimate of drug-likeness (QED) is 0.342. The summed E-state index contributed by atoms with van der Waals surface area (Å²) in [5.74, 6) is 5.87. The van der Waals surface area contributed by atoms with Gasteiger partial charge in [-0.3, -0.25) is 0 Å². The van der Waals surface area contributed by atoms with Crippen molar-refractivity contribution in [2.24, 2.45) is 5.73 Å². The summed E-state index contributed by atoms with van der Waals surface area (Å²) < 4.78 is 0. The molecule has 0 radical (unpaired) electrons. The molecule has 4 atom stereocenters. The standard InChI is InChI=1S/C12H21NOS2/c1-4-10(2)16(3)8-6-5-7-12(15)11(13)9-14/h8-12,15H,4,6,13H2,1-3H3/t10?,11?,12-,16?/m0/s1. The first-order valence-electron chi connectivity index (χ1n) is 5.37. The fourth-order valence-electron chi connectivity index (χ4n) is 0.934. The van der Waals surface area contributed by atoms with Gasteiger partial charge < -0.3 is 10.5 Å². The number of carbonyl (C=O) groups excluding carboxylic acids is 1. The van der Waals surface area contributed by atoms with Crippen molar-refractivity contribution in [1.29, 1.82) is 0 Å². The van der Waals surface area contributed by atoms with Crippen molar-refractivity contribution in [3.05, 3.63) is 0 Å². The smallest absolute Gasteiger partial charge is 0.138 e. The second-order valence-corrected chi connectivity index (χ2v) is 6.59. The topological polar surface area (TPSA) is 43.1 Å².